The van der Waals surface area contributed by atoms with Crippen LogP contribution in [0.15, 0.2) is 16.2 Å². The van der Waals surface area contributed by atoms with Crippen LogP contribution in [0.1, 0.15) is 19.3 Å². The summed E-state index contributed by atoms with van der Waals surface area (Å²) < 4.78 is 11.2. The second-order valence-corrected chi connectivity index (χ2v) is 11.8. The SMILES string of the molecule is NN=C(C=NCCCO)CNc1nc(NC2CCN(CCP(=O)(O)O)CC2)cc(N2CCSCC2)n1. The Kier molecular flexibility index (Phi) is 11.7. The third-order valence-corrected chi connectivity index (χ3v) is 7.70. The van der Waals surface area contributed by atoms with Gasteiger partial charge in [0, 0.05) is 75.7 Å². The summed E-state index contributed by atoms with van der Waals surface area (Å²) in [5.41, 5.74) is 0.550. The number of aliphatic hydroxyl groups excluding tert-OH is 1. The van der Waals surface area contributed by atoms with Gasteiger partial charge in [-0.15, -0.1) is 0 Å². The maximum absolute atomic E-state index is 11.2. The predicted octanol–water partition coefficient (Wildman–Crippen LogP) is 0.264. The Morgan fingerprint density at radius 1 is 1.25 bits per heavy atom. The van der Waals surface area contributed by atoms with Crippen LogP contribution in [0.2, 0.25) is 0 Å². The van der Waals surface area contributed by atoms with Crippen molar-refractivity contribution in [1.29, 1.82) is 0 Å². The molecule has 1 aromatic rings. The lowest BCUT2D eigenvalue weighted by Crippen LogP contribution is -2.40. The number of aliphatic hydroxyl groups is 1. The standard InChI is InChI=1S/C21H38N9O4PS/c22-28-18(15-23-4-1-10-31)16-24-21-26-19(14-20(27-21)30-8-12-36-13-9-30)25-17-2-5-29(6-3-17)7-11-35(32,33)34/h14-15,17,31H,1-13,16,22H2,(H2,32,33,34)(H2,24,25,26,27). The highest BCUT2D eigenvalue weighted by Crippen LogP contribution is 2.34. The van der Waals surface area contributed by atoms with E-state index in [4.69, 9.17) is 25.7 Å². The van der Waals surface area contributed by atoms with E-state index >= 15 is 0 Å². The van der Waals surface area contributed by atoms with Gasteiger partial charge in [-0.25, -0.2) is 0 Å². The third-order valence-electron chi connectivity index (χ3n) is 5.97. The number of aliphatic imine (C=N–C) groups is 1. The number of hydrogen-bond donors (Lipinski definition) is 6. The van der Waals surface area contributed by atoms with Crippen molar-refractivity contribution < 1.29 is 19.5 Å². The molecule has 15 heteroatoms. The molecular weight excluding hydrogens is 505 g/mol. The number of hydrogen-bond acceptors (Lipinski definition) is 12. The molecule has 2 saturated heterocycles. The van der Waals surface area contributed by atoms with Gasteiger partial charge >= 0.3 is 7.60 Å². The second kappa shape index (κ2) is 14.7. The van der Waals surface area contributed by atoms with E-state index in [0.717, 1.165) is 62.2 Å². The molecule has 13 nitrogen and oxygen atoms in total. The quantitative estimate of drug-likeness (QED) is 0.0657. The lowest BCUT2D eigenvalue weighted by Gasteiger charge is -2.33. The molecular formula is C21H38N9O4PS. The van der Waals surface area contributed by atoms with Crippen molar-refractivity contribution in [2.75, 3.05) is 85.6 Å². The van der Waals surface area contributed by atoms with Crippen LogP contribution in [-0.4, -0.2) is 118 Å². The zero-order valence-electron chi connectivity index (χ0n) is 20.5. The summed E-state index contributed by atoms with van der Waals surface area (Å²) in [5, 5.41) is 19.4. The Morgan fingerprint density at radius 3 is 2.67 bits per heavy atom. The molecule has 0 atom stereocenters. The van der Waals surface area contributed by atoms with E-state index < -0.39 is 7.60 Å². The molecule has 1 aromatic heterocycles. The third kappa shape index (κ3) is 10.2. The van der Waals surface area contributed by atoms with Crippen LogP contribution in [-0.2, 0) is 4.57 Å². The van der Waals surface area contributed by atoms with Crippen LogP contribution in [0.25, 0.3) is 0 Å². The van der Waals surface area contributed by atoms with Gasteiger partial charge in [0.2, 0.25) is 5.95 Å². The number of likely N-dealkylation sites (tertiary alicyclic amines) is 1. The molecule has 2 aliphatic heterocycles. The number of thioether (sulfide) groups is 1. The highest BCUT2D eigenvalue weighted by Gasteiger charge is 2.23. The number of anilines is 3. The van der Waals surface area contributed by atoms with Gasteiger partial charge in [0.15, 0.2) is 0 Å². The maximum atomic E-state index is 11.2. The van der Waals surface area contributed by atoms with Crippen LogP contribution in [0.3, 0.4) is 0 Å². The predicted molar refractivity (Wildman–Crippen MR) is 147 cm³/mol. The van der Waals surface area contributed by atoms with Crippen molar-refractivity contribution in [3.63, 3.8) is 0 Å². The fourth-order valence-corrected chi connectivity index (χ4v) is 5.40. The summed E-state index contributed by atoms with van der Waals surface area (Å²) in [6, 6.07) is 2.19. The van der Waals surface area contributed by atoms with Crippen LogP contribution in [0, 0.1) is 0 Å². The molecule has 3 rings (SSSR count). The van der Waals surface area contributed by atoms with Gasteiger partial charge in [0.25, 0.3) is 0 Å². The second-order valence-electron chi connectivity index (χ2n) is 8.77. The number of nitrogens with two attached hydrogens (primary N) is 1. The molecule has 0 spiro atoms. The Bertz CT molecular complexity index is 919. The molecule has 0 bridgehead atoms. The number of hydrazone groups is 1. The normalized spacial score (nSPS) is 18.6. The molecule has 2 fully saturated rings. The van der Waals surface area contributed by atoms with Crippen molar-refractivity contribution >= 4 is 48.9 Å². The minimum absolute atomic E-state index is 0.0858. The van der Waals surface area contributed by atoms with Crippen molar-refractivity contribution in [1.82, 2.24) is 14.9 Å². The summed E-state index contributed by atoms with van der Waals surface area (Å²) in [4.78, 5) is 36.2. The molecule has 0 saturated carbocycles. The minimum atomic E-state index is -3.98. The lowest BCUT2D eigenvalue weighted by atomic mass is 10.1. The van der Waals surface area contributed by atoms with E-state index in [1.54, 1.807) is 6.21 Å². The number of nitrogens with one attached hydrogen (secondary N) is 2. The highest BCUT2D eigenvalue weighted by atomic mass is 32.2. The summed E-state index contributed by atoms with van der Waals surface area (Å²) in [6.07, 6.45) is 3.78. The van der Waals surface area contributed by atoms with E-state index in [9.17, 15) is 4.57 Å². The lowest BCUT2D eigenvalue weighted by molar-refractivity contribution is 0.226. The van der Waals surface area contributed by atoms with Gasteiger partial charge < -0.3 is 41.2 Å². The first-order valence-corrected chi connectivity index (χ1v) is 15.2. The first-order chi connectivity index (χ1) is 17.4. The molecule has 0 unspecified atom stereocenters. The molecule has 36 heavy (non-hydrogen) atoms. The number of piperidine rings is 1. The number of rotatable bonds is 13. The fourth-order valence-electron chi connectivity index (χ4n) is 3.95. The van der Waals surface area contributed by atoms with E-state index in [-0.39, 0.29) is 18.8 Å². The van der Waals surface area contributed by atoms with Crippen molar-refractivity contribution in [3.8, 4) is 0 Å². The van der Waals surface area contributed by atoms with Crippen molar-refractivity contribution in [2.45, 2.75) is 25.3 Å². The van der Waals surface area contributed by atoms with Crippen LogP contribution in [0.5, 0.6) is 0 Å². The Hall–Kier alpha value is -1.96. The first kappa shape index (κ1) is 28.6. The molecule has 0 aliphatic carbocycles. The summed E-state index contributed by atoms with van der Waals surface area (Å²) >= 11 is 1.93. The maximum Gasteiger partial charge on any atom is 0.326 e. The van der Waals surface area contributed by atoms with E-state index in [2.05, 4.69) is 35.5 Å². The van der Waals surface area contributed by atoms with Gasteiger partial charge in [0.1, 0.15) is 11.6 Å². The molecule has 0 aromatic carbocycles. The Balaban J connectivity index is 1.63. The first-order valence-electron chi connectivity index (χ1n) is 12.2. The van der Waals surface area contributed by atoms with Gasteiger partial charge in [-0.05, 0) is 19.3 Å². The Morgan fingerprint density at radius 2 is 2.00 bits per heavy atom. The van der Waals surface area contributed by atoms with Crippen molar-refractivity contribution in [2.24, 2.45) is 15.9 Å². The molecule has 0 radical (unpaired) electrons. The smallest absolute Gasteiger partial charge is 0.326 e. The zero-order chi connectivity index (χ0) is 25.8. The van der Waals surface area contributed by atoms with Gasteiger partial charge in [-0.3, -0.25) is 9.56 Å². The minimum Gasteiger partial charge on any atom is -0.396 e. The van der Waals surface area contributed by atoms with E-state index in [0.29, 0.717) is 37.7 Å². The average molecular weight is 544 g/mol. The van der Waals surface area contributed by atoms with Gasteiger partial charge in [-0.2, -0.15) is 26.8 Å². The highest BCUT2D eigenvalue weighted by molar-refractivity contribution is 7.99. The van der Waals surface area contributed by atoms with E-state index in [1.165, 1.54) is 0 Å². The summed E-state index contributed by atoms with van der Waals surface area (Å²) in [6.45, 7) is 4.70. The number of aromatic nitrogens is 2. The fraction of sp³-hybridized carbons (Fsp3) is 0.714. The van der Waals surface area contributed by atoms with E-state index in [1.807, 2.05) is 17.8 Å². The van der Waals surface area contributed by atoms with Crippen LogP contribution >= 0.6 is 19.4 Å². The van der Waals surface area contributed by atoms with Crippen molar-refractivity contribution in [3.05, 3.63) is 6.07 Å². The van der Waals surface area contributed by atoms with Gasteiger partial charge in [-0.1, -0.05) is 0 Å². The van der Waals surface area contributed by atoms with Crippen LogP contribution < -0.4 is 21.4 Å². The number of nitrogens with zero attached hydrogens (tertiary/aromatic N) is 6. The van der Waals surface area contributed by atoms with Gasteiger partial charge in [0.05, 0.1) is 18.4 Å². The summed E-state index contributed by atoms with van der Waals surface area (Å²) in [7, 11) is -3.98. The molecule has 2 aliphatic rings. The van der Waals surface area contributed by atoms with Crippen LogP contribution in [0.4, 0.5) is 17.6 Å². The molecule has 7 N–H and O–H groups in total. The average Bonchev–Trinajstić information content (AvgIpc) is 2.88. The topological polar surface area (TPSA) is 185 Å². The monoisotopic (exact) mass is 543 g/mol. The summed E-state index contributed by atoms with van der Waals surface area (Å²) in [5.74, 6) is 9.67. The Labute approximate surface area is 216 Å². The zero-order valence-corrected chi connectivity index (χ0v) is 22.2. The molecule has 0 amide bonds. The molecule has 202 valence electrons. The molecule has 3 heterocycles. The largest absolute Gasteiger partial charge is 0.396 e.